The Labute approximate surface area is 107 Å². The largest absolute Gasteiger partial charge is 0.338 e. The maximum Gasteiger partial charge on any atom is 0.247 e. The molecule has 1 aliphatic carbocycles. The zero-order chi connectivity index (χ0) is 12.4. The molecular weight excluding hydrogens is 228 g/mol. The van der Waals surface area contributed by atoms with Crippen molar-refractivity contribution in [2.24, 2.45) is 0 Å². The maximum absolute atomic E-state index is 9.26. The van der Waals surface area contributed by atoms with Gasteiger partial charge in [0.1, 0.15) is 5.41 Å². The molecule has 1 N–H and O–H groups in total. The number of hydrogen-bond donors (Lipinski definition) is 1. The Morgan fingerprint density at radius 2 is 2.17 bits per heavy atom. The average Bonchev–Trinajstić information content (AvgIpc) is 2.65. The van der Waals surface area contributed by atoms with Crippen LogP contribution in [0.15, 0.2) is 4.52 Å². The van der Waals surface area contributed by atoms with Gasteiger partial charge in [0.25, 0.3) is 0 Å². The second-order valence-electron chi connectivity index (χ2n) is 5.36. The molecule has 1 aromatic heterocycles. The van der Waals surface area contributed by atoms with Crippen LogP contribution in [0.1, 0.15) is 62.7 Å². The number of nitrogens with one attached hydrogen (secondary N) is 1. The van der Waals surface area contributed by atoms with Crippen molar-refractivity contribution in [2.75, 3.05) is 6.54 Å². The first-order chi connectivity index (χ1) is 8.84. The molecule has 1 aromatic rings. The fourth-order valence-corrected chi connectivity index (χ4v) is 2.72. The number of hydrogen-bond acceptors (Lipinski definition) is 5. The summed E-state index contributed by atoms with van der Waals surface area (Å²) in [5.74, 6) is 1.26. The van der Waals surface area contributed by atoms with Crippen molar-refractivity contribution in [3.8, 4) is 6.07 Å². The molecule has 0 radical (unpaired) electrons. The number of aromatic nitrogens is 2. The van der Waals surface area contributed by atoms with E-state index in [1.54, 1.807) is 0 Å². The van der Waals surface area contributed by atoms with Gasteiger partial charge in [0, 0.05) is 0 Å². The third kappa shape index (κ3) is 1.91. The molecule has 2 heterocycles. The van der Waals surface area contributed by atoms with Crippen LogP contribution >= 0.6 is 0 Å². The van der Waals surface area contributed by atoms with E-state index in [9.17, 15) is 5.26 Å². The molecule has 5 heteroatoms. The number of nitriles is 1. The molecule has 3 rings (SSSR count). The van der Waals surface area contributed by atoms with Crippen molar-refractivity contribution >= 4 is 0 Å². The third-order valence-corrected chi connectivity index (χ3v) is 4.14. The van der Waals surface area contributed by atoms with Crippen LogP contribution in [0.25, 0.3) is 0 Å². The van der Waals surface area contributed by atoms with E-state index in [1.807, 2.05) is 0 Å². The lowest BCUT2D eigenvalue weighted by atomic mass is 9.70. The molecule has 0 spiro atoms. The summed E-state index contributed by atoms with van der Waals surface area (Å²) in [6.45, 7) is 1.01. The van der Waals surface area contributed by atoms with Crippen LogP contribution < -0.4 is 5.32 Å². The van der Waals surface area contributed by atoms with Gasteiger partial charge < -0.3 is 9.84 Å². The summed E-state index contributed by atoms with van der Waals surface area (Å²) in [6, 6.07) is 2.54. The topological polar surface area (TPSA) is 74.7 Å². The van der Waals surface area contributed by atoms with Crippen LogP contribution in [0.5, 0.6) is 0 Å². The summed E-state index contributed by atoms with van der Waals surface area (Å²) in [4.78, 5) is 4.48. The Balaban J connectivity index is 1.78. The Hall–Kier alpha value is -1.41. The number of nitrogens with zero attached hydrogens (tertiary/aromatic N) is 3. The second-order valence-corrected chi connectivity index (χ2v) is 5.36. The fraction of sp³-hybridized carbons (Fsp3) is 0.769. The molecule has 1 aliphatic heterocycles. The molecular formula is C13H18N4O. The van der Waals surface area contributed by atoms with Crippen LogP contribution in [-0.2, 0) is 5.41 Å². The monoisotopic (exact) mass is 246 g/mol. The first-order valence-electron chi connectivity index (χ1n) is 6.83. The van der Waals surface area contributed by atoms with Gasteiger partial charge in [-0.15, -0.1) is 0 Å². The molecule has 5 nitrogen and oxygen atoms in total. The molecule has 0 unspecified atom stereocenters. The van der Waals surface area contributed by atoms with Crippen LogP contribution in [0.4, 0.5) is 0 Å². The van der Waals surface area contributed by atoms with Gasteiger partial charge in [-0.05, 0) is 38.6 Å². The molecule has 0 aromatic carbocycles. The van der Waals surface area contributed by atoms with Crippen LogP contribution in [-0.4, -0.2) is 16.7 Å². The van der Waals surface area contributed by atoms with E-state index in [0.29, 0.717) is 5.89 Å². The zero-order valence-electron chi connectivity index (χ0n) is 10.5. The predicted molar refractivity (Wildman–Crippen MR) is 64.7 cm³/mol. The third-order valence-electron chi connectivity index (χ3n) is 4.14. The van der Waals surface area contributed by atoms with Crippen LogP contribution in [0.3, 0.4) is 0 Å². The Bertz CT molecular complexity index is 450. The summed E-state index contributed by atoms with van der Waals surface area (Å²) in [5, 5.41) is 16.8. The highest BCUT2D eigenvalue weighted by molar-refractivity contribution is 5.22. The normalized spacial score (nSPS) is 26.9. The van der Waals surface area contributed by atoms with E-state index in [1.165, 1.54) is 19.3 Å². The zero-order valence-corrected chi connectivity index (χ0v) is 10.5. The van der Waals surface area contributed by atoms with Gasteiger partial charge in [-0.25, -0.2) is 0 Å². The quantitative estimate of drug-likeness (QED) is 0.866. The molecule has 1 saturated carbocycles. The van der Waals surface area contributed by atoms with E-state index in [2.05, 4.69) is 21.5 Å². The molecule has 1 atom stereocenters. The van der Waals surface area contributed by atoms with Crippen molar-refractivity contribution in [1.82, 2.24) is 15.5 Å². The SMILES string of the molecule is N#CC1(c2nc([C@H]3CCCCCN3)no2)CCC1. The van der Waals surface area contributed by atoms with E-state index in [0.717, 1.165) is 38.1 Å². The maximum atomic E-state index is 9.26. The molecule has 18 heavy (non-hydrogen) atoms. The summed E-state index contributed by atoms with van der Waals surface area (Å²) >= 11 is 0. The summed E-state index contributed by atoms with van der Waals surface area (Å²) in [5.41, 5.74) is -0.490. The molecule has 96 valence electrons. The highest BCUT2D eigenvalue weighted by Crippen LogP contribution is 2.42. The highest BCUT2D eigenvalue weighted by Gasteiger charge is 2.44. The van der Waals surface area contributed by atoms with Crippen molar-refractivity contribution in [3.05, 3.63) is 11.7 Å². The molecule has 1 saturated heterocycles. The molecule has 2 fully saturated rings. The standard InChI is InChI=1S/C13H18N4O/c14-9-13(6-4-7-13)12-16-11(17-18-12)10-5-2-1-3-8-15-10/h10,15H,1-8H2/t10-/m1/s1. The van der Waals surface area contributed by atoms with Crippen LogP contribution in [0.2, 0.25) is 0 Å². The van der Waals surface area contributed by atoms with E-state index in [4.69, 9.17) is 4.52 Å². The average molecular weight is 246 g/mol. The number of rotatable bonds is 2. The van der Waals surface area contributed by atoms with E-state index >= 15 is 0 Å². The summed E-state index contributed by atoms with van der Waals surface area (Å²) < 4.78 is 5.33. The smallest absolute Gasteiger partial charge is 0.247 e. The molecule has 2 aliphatic rings. The van der Waals surface area contributed by atoms with Crippen molar-refractivity contribution < 1.29 is 4.52 Å². The first kappa shape index (κ1) is 11.7. The van der Waals surface area contributed by atoms with Gasteiger partial charge in [0.2, 0.25) is 5.89 Å². The van der Waals surface area contributed by atoms with E-state index in [-0.39, 0.29) is 6.04 Å². The predicted octanol–water partition coefficient (Wildman–Crippen LogP) is 2.22. The minimum atomic E-state index is -0.490. The molecule has 0 amide bonds. The Kier molecular flexibility index (Phi) is 3.04. The lowest BCUT2D eigenvalue weighted by Crippen LogP contribution is -2.32. The Morgan fingerprint density at radius 3 is 2.89 bits per heavy atom. The fourth-order valence-electron chi connectivity index (χ4n) is 2.72. The highest BCUT2D eigenvalue weighted by atomic mass is 16.5. The Morgan fingerprint density at radius 1 is 1.28 bits per heavy atom. The van der Waals surface area contributed by atoms with Crippen molar-refractivity contribution in [2.45, 2.75) is 56.4 Å². The summed E-state index contributed by atoms with van der Waals surface area (Å²) in [6.07, 6.45) is 7.50. The minimum Gasteiger partial charge on any atom is -0.338 e. The molecule has 0 bridgehead atoms. The van der Waals surface area contributed by atoms with Crippen molar-refractivity contribution in [1.29, 1.82) is 5.26 Å². The van der Waals surface area contributed by atoms with Gasteiger partial charge in [-0.3, -0.25) is 0 Å². The van der Waals surface area contributed by atoms with Crippen LogP contribution in [0, 0.1) is 11.3 Å². The lowest BCUT2D eigenvalue weighted by molar-refractivity contribution is 0.231. The summed E-state index contributed by atoms with van der Waals surface area (Å²) in [7, 11) is 0. The van der Waals surface area contributed by atoms with Gasteiger partial charge >= 0.3 is 0 Å². The first-order valence-corrected chi connectivity index (χ1v) is 6.83. The van der Waals surface area contributed by atoms with Gasteiger partial charge in [0.15, 0.2) is 5.82 Å². The van der Waals surface area contributed by atoms with E-state index < -0.39 is 5.41 Å². The lowest BCUT2D eigenvalue weighted by Gasteiger charge is -2.30. The van der Waals surface area contributed by atoms with Gasteiger partial charge in [0.05, 0.1) is 12.1 Å². The van der Waals surface area contributed by atoms with Gasteiger partial charge in [-0.2, -0.15) is 10.2 Å². The van der Waals surface area contributed by atoms with Crippen molar-refractivity contribution in [3.63, 3.8) is 0 Å². The minimum absolute atomic E-state index is 0.195. The second kappa shape index (κ2) is 4.69. The van der Waals surface area contributed by atoms with Gasteiger partial charge in [-0.1, -0.05) is 18.0 Å².